The standard InChI is InChI=1S/C13H19FN2O3S/c1-8(17)9(5-6-14)10-7-20-11(15-10)16-12(18)19-13(2,3)4/h7,9H,5-6H2,1-4H3,(H,15,16,18). The van der Waals surface area contributed by atoms with Gasteiger partial charge in [-0.3, -0.25) is 14.5 Å². The van der Waals surface area contributed by atoms with E-state index in [9.17, 15) is 14.0 Å². The van der Waals surface area contributed by atoms with Crippen LogP contribution in [-0.4, -0.2) is 29.1 Å². The quantitative estimate of drug-likeness (QED) is 0.903. The smallest absolute Gasteiger partial charge is 0.413 e. The zero-order valence-corrected chi connectivity index (χ0v) is 12.8. The van der Waals surface area contributed by atoms with Crippen LogP contribution in [0.25, 0.3) is 0 Å². The average Bonchev–Trinajstić information content (AvgIpc) is 2.70. The first-order chi connectivity index (χ1) is 9.23. The molecule has 7 heteroatoms. The van der Waals surface area contributed by atoms with Crippen molar-refractivity contribution >= 4 is 28.3 Å². The van der Waals surface area contributed by atoms with Gasteiger partial charge in [0, 0.05) is 5.38 Å². The third kappa shape index (κ3) is 5.24. The van der Waals surface area contributed by atoms with E-state index < -0.39 is 24.3 Å². The summed E-state index contributed by atoms with van der Waals surface area (Å²) in [6, 6.07) is 0. The summed E-state index contributed by atoms with van der Waals surface area (Å²) in [7, 11) is 0. The van der Waals surface area contributed by atoms with Crippen LogP contribution in [0.4, 0.5) is 14.3 Å². The van der Waals surface area contributed by atoms with Gasteiger partial charge in [0.1, 0.15) is 11.4 Å². The molecule has 1 atom stereocenters. The van der Waals surface area contributed by atoms with Gasteiger partial charge in [-0.1, -0.05) is 0 Å². The van der Waals surface area contributed by atoms with Gasteiger partial charge in [-0.25, -0.2) is 9.78 Å². The molecule has 0 saturated carbocycles. The van der Waals surface area contributed by atoms with E-state index >= 15 is 0 Å². The highest BCUT2D eigenvalue weighted by Crippen LogP contribution is 2.26. The Bertz CT molecular complexity index is 482. The molecule has 0 radical (unpaired) electrons. The average molecular weight is 302 g/mol. The highest BCUT2D eigenvalue weighted by Gasteiger charge is 2.21. The van der Waals surface area contributed by atoms with Crippen molar-refractivity contribution in [1.29, 1.82) is 0 Å². The van der Waals surface area contributed by atoms with E-state index in [4.69, 9.17) is 4.74 Å². The van der Waals surface area contributed by atoms with Gasteiger partial charge >= 0.3 is 6.09 Å². The lowest BCUT2D eigenvalue weighted by Gasteiger charge is -2.18. The van der Waals surface area contributed by atoms with Crippen molar-refractivity contribution < 1.29 is 18.7 Å². The predicted octanol–water partition coefficient (Wildman–Crippen LogP) is 3.52. The lowest BCUT2D eigenvalue weighted by Crippen LogP contribution is -2.27. The fourth-order valence-corrected chi connectivity index (χ4v) is 2.31. The van der Waals surface area contributed by atoms with Crippen LogP contribution in [0.5, 0.6) is 0 Å². The molecule has 1 unspecified atom stereocenters. The number of rotatable bonds is 5. The number of alkyl halides is 1. The Morgan fingerprint density at radius 3 is 2.65 bits per heavy atom. The van der Waals surface area contributed by atoms with Crippen molar-refractivity contribution in [3.63, 3.8) is 0 Å². The fourth-order valence-electron chi connectivity index (χ4n) is 1.56. The Kier molecular flexibility index (Phi) is 5.62. The Labute approximate surface area is 121 Å². The van der Waals surface area contributed by atoms with Crippen LogP contribution in [0.1, 0.15) is 45.7 Å². The summed E-state index contributed by atoms with van der Waals surface area (Å²) < 4.78 is 17.5. The molecule has 0 aliphatic carbocycles. The van der Waals surface area contributed by atoms with Crippen LogP contribution >= 0.6 is 11.3 Å². The number of halogens is 1. The molecule has 1 amide bonds. The zero-order valence-electron chi connectivity index (χ0n) is 12.0. The molecule has 20 heavy (non-hydrogen) atoms. The number of aromatic nitrogens is 1. The molecule has 0 bridgehead atoms. The van der Waals surface area contributed by atoms with E-state index in [1.807, 2.05) is 0 Å². The van der Waals surface area contributed by atoms with Gasteiger partial charge in [0.15, 0.2) is 5.13 Å². The number of ketones is 1. The zero-order chi connectivity index (χ0) is 15.3. The summed E-state index contributed by atoms with van der Waals surface area (Å²) in [6.45, 7) is 6.09. The van der Waals surface area contributed by atoms with Gasteiger partial charge in [0.25, 0.3) is 0 Å². The van der Waals surface area contributed by atoms with Gasteiger partial charge < -0.3 is 4.74 Å². The maximum Gasteiger partial charge on any atom is 0.413 e. The Morgan fingerprint density at radius 1 is 1.50 bits per heavy atom. The SMILES string of the molecule is CC(=O)C(CCF)c1csc(NC(=O)OC(C)(C)C)n1. The van der Waals surface area contributed by atoms with E-state index in [0.717, 1.165) is 0 Å². The number of anilines is 1. The van der Waals surface area contributed by atoms with Gasteiger partial charge in [0.05, 0.1) is 18.3 Å². The molecule has 1 rings (SSSR count). The van der Waals surface area contributed by atoms with Crippen molar-refractivity contribution in [3.8, 4) is 0 Å². The molecular weight excluding hydrogens is 283 g/mol. The largest absolute Gasteiger partial charge is 0.444 e. The van der Waals surface area contributed by atoms with Crippen molar-refractivity contribution in [2.24, 2.45) is 0 Å². The third-order valence-corrected chi connectivity index (χ3v) is 3.15. The van der Waals surface area contributed by atoms with E-state index in [1.54, 1.807) is 26.2 Å². The molecule has 112 valence electrons. The fraction of sp³-hybridized carbons (Fsp3) is 0.615. The maximum absolute atomic E-state index is 12.4. The summed E-state index contributed by atoms with van der Waals surface area (Å²) in [4.78, 5) is 27.2. The second kappa shape index (κ2) is 6.78. The molecule has 5 nitrogen and oxygen atoms in total. The van der Waals surface area contributed by atoms with E-state index in [1.165, 1.54) is 18.3 Å². The van der Waals surface area contributed by atoms with Gasteiger partial charge in [-0.2, -0.15) is 0 Å². The minimum atomic E-state index is -0.608. The van der Waals surface area contributed by atoms with E-state index in [-0.39, 0.29) is 12.2 Å². The third-order valence-electron chi connectivity index (χ3n) is 2.38. The van der Waals surface area contributed by atoms with Crippen LogP contribution in [-0.2, 0) is 9.53 Å². The molecular formula is C13H19FN2O3S. The number of hydrogen-bond acceptors (Lipinski definition) is 5. The van der Waals surface area contributed by atoms with E-state index in [0.29, 0.717) is 10.8 Å². The van der Waals surface area contributed by atoms with Crippen LogP contribution < -0.4 is 5.32 Å². The molecule has 0 spiro atoms. The molecule has 1 N–H and O–H groups in total. The van der Waals surface area contributed by atoms with Crippen molar-refractivity contribution in [2.45, 2.75) is 45.6 Å². The first-order valence-corrected chi connectivity index (χ1v) is 7.12. The lowest BCUT2D eigenvalue weighted by atomic mass is 9.99. The minimum Gasteiger partial charge on any atom is -0.444 e. The number of carbonyl (C=O) groups excluding carboxylic acids is 2. The Hall–Kier alpha value is -1.50. The molecule has 0 aliphatic rings. The number of amides is 1. The lowest BCUT2D eigenvalue weighted by molar-refractivity contribution is -0.118. The predicted molar refractivity (Wildman–Crippen MR) is 76.0 cm³/mol. The summed E-state index contributed by atoms with van der Waals surface area (Å²) in [5.74, 6) is -0.706. The second-order valence-electron chi connectivity index (χ2n) is 5.35. The van der Waals surface area contributed by atoms with Crippen molar-refractivity contribution in [3.05, 3.63) is 11.1 Å². The second-order valence-corrected chi connectivity index (χ2v) is 6.20. The van der Waals surface area contributed by atoms with Crippen LogP contribution in [0.3, 0.4) is 0 Å². The molecule has 0 aromatic carbocycles. The van der Waals surface area contributed by atoms with Gasteiger partial charge in [-0.05, 0) is 34.1 Å². The number of ether oxygens (including phenoxy) is 1. The number of Topliss-reactive ketones (excluding diaryl/α,β-unsaturated/α-hetero) is 1. The molecule has 0 saturated heterocycles. The molecule has 1 aromatic heterocycles. The maximum atomic E-state index is 12.4. The monoisotopic (exact) mass is 302 g/mol. The highest BCUT2D eigenvalue weighted by molar-refractivity contribution is 7.13. The summed E-state index contributed by atoms with van der Waals surface area (Å²) in [6.07, 6.45) is -0.506. The number of carbonyl (C=O) groups is 2. The summed E-state index contributed by atoms with van der Waals surface area (Å²) in [5.41, 5.74) is -0.119. The minimum absolute atomic E-state index is 0.102. The van der Waals surface area contributed by atoms with E-state index in [2.05, 4.69) is 10.3 Å². The highest BCUT2D eigenvalue weighted by atomic mass is 32.1. The first-order valence-electron chi connectivity index (χ1n) is 6.25. The normalized spacial score (nSPS) is 12.8. The van der Waals surface area contributed by atoms with Crippen molar-refractivity contribution in [2.75, 3.05) is 12.0 Å². The van der Waals surface area contributed by atoms with Crippen LogP contribution in [0.2, 0.25) is 0 Å². The van der Waals surface area contributed by atoms with Crippen LogP contribution in [0.15, 0.2) is 5.38 Å². The molecule has 1 aromatic rings. The Morgan fingerprint density at radius 2 is 2.15 bits per heavy atom. The van der Waals surface area contributed by atoms with Crippen molar-refractivity contribution in [1.82, 2.24) is 4.98 Å². The molecule has 1 heterocycles. The number of nitrogens with one attached hydrogen (secondary N) is 1. The summed E-state index contributed by atoms with van der Waals surface area (Å²) >= 11 is 1.18. The summed E-state index contributed by atoms with van der Waals surface area (Å²) in [5, 5.41) is 4.48. The molecule has 0 fully saturated rings. The number of hydrogen-bond donors (Lipinski definition) is 1. The topological polar surface area (TPSA) is 68.3 Å². The number of nitrogens with zero attached hydrogens (tertiary/aromatic N) is 1. The van der Waals surface area contributed by atoms with Gasteiger partial charge in [-0.15, -0.1) is 11.3 Å². The first kappa shape index (κ1) is 16.6. The number of thiazole rings is 1. The Balaban J connectivity index is 2.72. The van der Waals surface area contributed by atoms with Crippen LogP contribution in [0, 0.1) is 0 Å². The van der Waals surface area contributed by atoms with Gasteiger partial charge in [0.2, 0.25) is 0 Å². The molecule has 0 aliphatic heterocycles.